The van der Waals surface area contributed by atoms with Crippen molar-refractivity contribution in [1.82, 2.24) is 0 Å². The number of ether oxygens (including phenoxy) is 2. The van der Waals surface area contributed by atoms with Crippen LogP contribution in [-0.2, 0) is 32.7 Å². The van der Waals surface area contributed by atoms with Crippen LogP contribution in [-0.4, -0.2) is 49.3 Å². The van der Waals surface area contributed by atoms with Crippen molar-refractivity contribution in [3.05, 3.63) is 60.8 Å². The molecule has 0 rings (SSSR count). The van der Waals surface area contributed by atoms with Gasteiger partial charge in [0.1, 0.15) is 6.61 Å². The van der Waals surface area contributed by atoms with Crippen molar-refractivity contribution in [2.24, 2.45) is 5.73 Å². The molecule has 0 aromatic carbocycles. The van der Waals surface area contributed by atoms with Crippen molar-refractivity contribution in [1.29, 1.82) is 0 Å². The molecule has 0 radical (unpaired) electrons. The molecular formula is C77H144NO8P. The van der Waals surface area contributed by atoms with Gasteiger partial charge in [-0.25, -0.2) is 4.57 Å². The lowest BCUT2D eigenvalue weighted by Crippen LogP contribution is -2.29. The van der Waals surface area contributed by atoms with Gasteiger partial charge in [-0.1, -0.05) is 376 Å². The molecule has 3 N–H and O–H groups in total. The molecule has 2 unspecified atom stereocenters. The average Bonchev–Trinajstić information content (AvgIpc) is 3.62. The maximum Gasteiger partial charge on any atom is 0.472 e. The van der Waals surface area contributed by atoms with Gasteiger partial charge in [0.15, 0.2) is 6.10 Å². The minimum Gasteiger partial charge on any atom is -0.462 e. The standard InChI is InChI=1S/C77H144NO8P/c1-3-5-7-9-11-13-15-17-19-21-23-25-27-29-31-32-33-34-35-36-37-38-39-40-41-42-44-45-47-49-51-53-55-57-59-61-63-65-67-69-76(79)83-73-75(74-85-87(81,82)84-72-71-78)86-77(80)70-68-66-64-62-60-58-56-54-52-50-48-46-43-30-28-26-24-22-20-18-16-14-12-10-8-6-4-2/h6,8,12,14,18,20,24,26,30,43,75H,3-5,7,9-11,13,15-17,19,21-23,25,27-29,31-42,44-74,78H2,1-2H3,(H,81,82)/b8-6-,14-12-,20-18-,26-24-,43-30-. The molecule has 2 atom stereocenters. The van der Waals surface area contributed by atoms with Crippen molar-refractivity contribution in [3.63, 3.8) is 0 Å². The van der Waals surface area contributed by atoms with Crippen LogP contribution in [0.1, 0.15) is 386 Å². The predicted octanol–water partition coefficient (Wildman–Crippen LogP) is 25.0. The molecule has 0 aliphatic carbocycles. The van der Waals surface area contributed by atoms with Crippen molar-refractivity contribution in [3.8, 4) is 0 Å². The summed E-state index contributed by atoms with van der Waals surface area (Å²) in [4.78, 5) is 35.4. The van der Waals surface area contributed by atoms with Crippen molar-refractivity contribution in [2.45, 2.75) is 392 Å². The Morgan fingerprint density at radius 2 is 0.632 bits per heavy atom. The lowest BCUT2D eigenvalue weighted by Gasteiger charge is -2.19. The normalized spacial score (nSPS) is 13.2. The molecule has 87 heavy (non-hydrogen) atoms. The van der Waals surface area contributed by atoms with E-state index in [1.165, 1.54) is 276 Å². The Bertz CT molecular complexity index is 1610. The molecule has 0 saturated carbocycles. The van der Waals surface area contributed by atoms with Gasteiger partial charge in [0.05, 0.1) is 13.2 Å². The summed E-state index contributed by atoms with van der Waals surface area (Å²) in [6.07, 6.45) is 95.0. The number of phosphoric ester groups is 1. The number of carbonyl (C=O) groups is 2. The van der Waals surface area contributed by atoms with Gasteiger partial charge in [-0.05, 0) is 57.8 Å². The zero-order chi connectivity index (χ0) is 63.0. The Labute approximate surface area is 539 Å². The van der Waals surface area contributed by atoms with E-state index in [-0.39, 0.29) is 38.6 Å². The van der Waals surface area contributed by atoms with Crippen molar-refractivity contribution in [2.75, 3.05) is 26.4 Å². The van der Waals surface area contributed by atoms with Gasteiger partial charge in [-0.2, -0.15) is 0 Å². The van der Waals surface area contributed by atoms with Gasteiger partial charge >= 0.3 is 19.8 Å². The lowest BCUT2D eigenvalue weighted by atomic mass is 10.0. The maximum absolute atomic E-state index is 12.8. The maximum atomic E-state index is 12.8. The summed E-state index contributed by atoms with van der Waals surface area (Å²) in [5, 5.41) is 0. The van der Waals surface area contributed by atoms with Gasteiger partial charge < -0.3 is 20.1 Å². The fourth-order valence-electron chi connectivity index (χ4n) is 11.4. The molecule has 0 aliphatic heterocycles. The van der Waals surface area contributed by atoms with Crippen LogP contribution in [0.4, 0.5) is 0 Å². The highest BCUT2D eigenvalue weighted by Crippen LogP contribution is 2.43. The monoisotopic (exact) mass is 1240 g/mol. The lowest BCUT2D eigenvalue weighted by molar-refractivity contribution is -0.161. The van der Waals surface area contributed by atoms with Gasteiger partial charge in [-0.3, -0.25) is 18.6 Å². The number of esters is 2. The molecule has 0 spiro atoms. The smallest absolute Gasteiger partial charge is 0.462 e. The fourth-order valence-corrected chi connectivity index (χ4v) is 12.1. The third kappa shape index (κ3) is 72.6. The summed E-state index contributed by atoms with van der Waals surface area (Å²) in [5.74, 6) is -0.815. The van der Waals surface area contributed by atoms with E-state index < -0.39 is 26.5 Å². The Kier molecular flexibility index (Phi) is 70.9. The Hall–Kier alpha value is -2.29. The second-order valence-electron chi connectivity index (χ2n) is 25.5. The first-order chi connectivity index (χ1) is 42.8. The molecule has 510 valence electrons. The molecule has 0 fully saturated rings. The van der Waals surface area contributed by atoms with E-state index in [0.29, 0.717) is 6.42 Å². The quantitative estimate of drug-likeness (QED) is 0.0264. The van der Waals surface area contributed by atoms with E-state index in [0.717, 1.165) is 77.0 Å². The SMILES string of the molecule is CC/C=C\C/C=C\C/C=C\C/C=C\C/C=C\CCCCCCCCCCCCCC(=O)OC(COC(=O)CCCCCCCCCCCCCCCCCCCCCCCCCCCCCCCCCCCCCCCCC)COP(=O)(O)OCCN. The minimum atomic E-state index is -4.40. The summed E-state index contributed by atoms with van der Waals surface area (Å²) in [6.45, 7) is 3.69. The predicted molar refractivity (Wildman–Crippen MR) is 376 cm³/mol. The van der Waals surface area contributed by atoms with Crippen LogP contribution in [0.5, 0.6) is 0 Å². The Morgan fingerprint density at radius 3 is 0.943 bits per heavy atom. The van der Waals surface area contributed by atoms with E-state index in [2.05, 4.69) is 74.6 Å². The number of allylic oxidation sites excluding steroid dienone is 10. The topological polar surface area (TPSA) is 134 Å². The fraction of sp³-hybridized carbons (Fsp3) is 0.844. The van der Waals surface area contributed by atoms with E-state index in [4.69, 9.17) is 24.3 Å². The number of unbranched alkanes of at least 4 members (excludes halogenated alkanes) is 49. The van der Waals surface area contributed by atoms with E-state index in [9.17, 15) is 19.0 Å². The number of hydrogen-bond acceptors (Lipinski definition) is 8. The number of hydrogen-bond donors (Lipinski definition) is 2. The summed E-state index contributed by atoms with van der Waals surface area (Å²) < 4.78 is 33.2. The van der Waals surface area contributed by atoms with E-state index in [1.54, 1.807) is 0 Å². The third-order valence-electron chi connectivity index (χ3n) is 16.9. The highest BCUT2D eigenvalue weighted by Gasteiger charge is 2.26. The summed E-state index contributed by atoms with van der Waals surface area (Å²) in [5.41, 5.74) is 5.41. The molecular weight excluding hydrogens is 1100 g/mol. The second-order valence-corrected chi connectivity index (χ2v) is 27.0. The van der Waals surface area contributed by atoms with Gasteiger partial charge in [0.2, 0.25) is 0 Å². The van der Waals surface area contributed by atoms with Crippen LogP contribution in [0.15, 0.2) is 60.8 Å². The minimum absolute atomic E-state index is 0.0528. The summed E-state index contributed by atoms with van der Waals surface area (Å²) in [6, 6.07) is 0. The van der Waals surface area contributed by atoms with Crippen molar-refractivity contribution >= 4 is 19.8 Å². The Morgan fingerprint density at radius 1 is 0.356 bits per heavy atom. The first-order valence-corrected chi connectivity index (χ1v) is 39.3. The molecule has 0 aliphatic rings. The molecule has 0 bridgehead atoms. The molecule has 0 amide bonds. The highest BCUT2D eigenvalue weighted by molar-refractivity contribution is 7.47. The number of carbonyl (C=O) groups excluding carboxylic acids is 2. The highest BCUT2D eigenvalue weighted by atomic mass is 31.2. The number of phosphoric acid groups is 1. The summed E-state index contributed by atoms with van der Waals surface area (Å²) >= 11 is 0. The molecule has 0 saturated heterocycles. The van der Waals surface area contributed by atoms with E-state index >= 15 is 0 Å². The Balaban J connectivity index is 3.77. The van der Waals surface area contributed by atoms with Crippen LogP contribution in [0, 0.1) is 0 Å². The van der Waals surface area contributed by atoms with Crippen molar-refractivity contribution < 1.29 is 37.6 Å². The van der Waals surface area contributed by atoms with Crippen LogP contribution in [0.25, 0.3) is 0 Å². The zero-order valence-corrected chi connectivity index (χ0v) is 58.4. The molecule has 10 heteroatoms. The second kappa shape index (κ2) is 72.8. The van der Waals surface area contributed by atoms with Crippen LogP contribution < -0.4 is 5.73 Å². The largest absolute Gasteiger partial charge is 0.472 e. The molecule has 0 heterocycles. The van der Waals surface area contributed by atoms with Crippen LogP contribution in [0.2, 0.25) is 0 Å². The van der Waals surface area contributed by atoms with Gasteiger partial charge in [-0.15, -0.1) is 0 Å². The molecule has 9 nitrogen and oxygen atoms in total. The number of rotatable bonds is 72. The first-order valence-electron chi connectivity index (χ1n) is 37.8. The third-order valence-corrected chi connectivity index (χ3v) is 17.9. The summed E-state index contributed by atoms with van der Waals surface area (Å²) in [7, 11) is -4.40. The van der Waals surface area contributed by atoms with E-state index in [1.807, 2.05) is 0 Å². The van der Waals surface area contributed by atoms with Gasteiger partial charge in [0.25, 0.3) is 0 Å². The average molecular weight is 1240 g/mol. The molecule has 0 aromatic rings. The van der Waals surface area contributed by atoms with Crippen LogP contribution in [0.3, 0.4) is 0 Å². The zero-order valence-electron chi connectivity index (χ0n) is 57.5. The molecule has 0 aromatic heterocycles. The van der Waals surface area contributed by atoms with Gasteiger partial charge in [0, 0.05) is 19.4 Å². The van der Waals surface area contributed by atoms with Crippen LogP contribution >= 0.6 is 7.82 Å². The number of nitrogens with two attached hydrogens (primary N) is 1. The first kappa shape index (κ1) is 84.7.